The van der Waals surface area contributed by atoms with Gasteiger partial charge in [0.05, 0.1) is 6.04 Å². The molecule has 1 aliphatic heterocycles. The number of ether oxygens (including phenoxy) is 1. The predicted octanol–water partition coefficient (Wildman–Crippen LogP) is 5.87. The maximum atomic E-state index is 13.3. The molecule has 1 fully saturated rings. The van der Waals surface area contributed by atoms with Gasteiger partial charge in [-0.1, -0.05) is 93.9 Å². The van der Waals surface area contributed by atoms with Gasteiger partial charge >= 0.3 is 0 Å². The molecule has 208 valence electrons. The molecule has 5 nitrogen and oxygen atoms in total. The van der Waals surface area contributed by atoms with Gasteiger partial charge in [0.1, 0.15) is 12.4 Å². The van der Waals surface area contributed by atoms with Gasteiger partial charge in [-0.2, -0.15) is 0 Å². The number of amides is 1. The fourth-order valence-electron chi connectivity index (χ4n) is 4.96. The molecule has 0 radical (unpaired) electrons. The second-order valence-electron chi connectivity index (χ2n) is 11.7. The molecule has 0 saturated carbocycles. The molecule has 0 aliphatic carbocycles. The molecule has 1 aliphatic rings. The van der Waals surface area contributed by atoms with Crippen LogP contribution < -0.4 is 15.4 Å². The van der Waals surface area contributed by atoms with Crippen molar-refractivity contribution in [2.75, 3.05) is 26.2 Å². The summed E-state index contributed by atoms with van der Waals surface area (Å²) in [7, 11) is 0. The minimum atomic E-state index is -0.315. The summed E-state index contributed by atoms with van der Waals surface area (Å²) in [4.78, 5) is 15.8. The van der Waals surface area contributed by atoms with Crippen LogP contribution in [0.15, 0.2) is 78.9 Å². The van der Waals surface area contributed by atoms with Gasteiger partial charge in [0, 0.05) is 19.6 Å². The summed E-state index contributed by atoms with van der Waals surface area (Å²) in [5.74, 6) is 0.889. The van der Waals surface area contributed by atoms with Gasteiger partial charge in [-0.15, -0.1) is 0 Å². The Bertz CT molecular complexity index is 1130. The van der Waals surface area contributed by atoms with Gasteiger partial charge in [-0.25, -0.2) is 0 Å². The van der Waals surface area contributed by atoms with Crippen LogP contribution in [0.4, 0.5) is 0 Å². The van der Waals surface area contributed by atoms with Crippen molar-refractivity contribution >= 4 is 5.91 Å². The predicted molar refractivity (Wildman–Crippen MR) is 160 cm³/mol. The van der Waals surface area contributed by atoms with Crippen LogP contribution >= 0.6 is 0 Å². The number of piperidine rings is 1. The fraction of sp³-hybridized carbons (Fsp3) is 0.441. The van der Waals surface area contributed by atoms with E-state index in [1.165, 1.54) is 30.4 Å². The monoisotopic (exact) mass is 527 g/mol. The smallest absolute Gasteiger partial charge is 0.237 e. The first-order valence-corrected chi connectivity index (χ1v) is 14.5. The average molecular weight is 528 g/mol. The van der Waals surface area contributed by atoms with Crippen LogP contribution in [0.5, 0.6) is 5.75 Å². The van der Waals surface area contributed by atoms with Crippen molar-refractivity contribution in [2.45, 2.75) is 71.1 Å². The zero-order valence-electron chi connectivity index (χ0n) is 23.9. The second-order valence-corrected chi connectivity index (χ2v) is 11.7. The quantitative estimate of drug-likeness (QED) is 0.310. The number of benzene rings is 3. The molecule has 0 aromatic heterocycles. The van der Waals surface area contributed by atoms with Crippen LogP contribution in [0, 0.1) is 0 Å². The van der Waals surface area contributed by atoms with Crippen molar-refractivity contribution in [1.29, 1.82) is 0 Å². The summed E-state index contributed by atoms with van der Waals surface area (Å²) in [6, 6.07) is 26.7. The highest BCUT2D eigenvalue weighted by Gasteiger charge is 2.20. The Morgan fingerprint density at radius 2 is 1.51 bits per heavy atom. The van der Waals surface area contributed by atoms with Gasteiger partial charge in [-0.3, -0.25) is 4.79 Å². The molecule has 1 saturated heterocycles. The molecular formula is C34H45N3O2. The minimum absolute atomic E-state index is 0.0581. The topological polar surface area (TPSA) is 53.6 Å². The van der Waals surface area contributed by atoms with Gasteiger partial charge in [0.25, 0.3) is 0 Å². The van der Waals surface area contributed by atoms with E-state index in [-0.39, 0.29) is 17.4 Å². The Balaban J connectivity index is 1.35. The standard InChI is InChI=1S/C34H45N3O2/c1-34(2,3)30-16-12-28(13-17-30)25-36-32(33(38)35-20-23-37-21-8-5-9-22-37)24-27-14-18-31(19-15-27)39-26-29-10-6-4-7-11-29/h4,6-7,10-19,32,36H,5,8-9,20-26H2,1-3H3,(H,35,38)/t32-/m0/s1. The number of hydrogen-bond donors (Lipinski definition) is 2. The van der Waals surface area contributed by atoms with Gasteiger partial charge < -0.3 is 20.3 Å². The molecule has 1 heterocycles. The summed E-state index contributed by atoms with van der Waals surface area (Å²) < 4.78 is 5.95. The van der Waals surface area contributed by atoms with E-state index in [0.717, 1.165) is 36.5 Å². The van der Waals surface area contributed by atoms with Crippen molar-refractivity contribution < 1.29 is 9.53 Å². The third kappa shape index (κ3) is 9.52. The maximum Gasteiger partial charge on any atom is 0.237 e. The Labute approximate surface area is 235 Å². The van der Waals surface area contributed by atoms with Crippen LogP contribution in [0.25, 0.3) is 0 Å². The maximum absolute atomic E-state index is 13.3. The first-order valence-electron chi connectivity index (χ1n) is 14.5. The number of nitrogens with zero attached hydrogens (tertiary/aromatic N) is 1. The van der Waals surface area contributed by atoms with Crippen molar-refractivity contribution in [1.82, 2.24) is 15.5 Å². The average Bonchev–Trinajstić information content (AvgIpc) is 2.95. The lowest BCUT2D eigenvalue weighted by molar-refractivity contribution is -0.123. The summed E-state index contributed by atoms with van der Waals surface area (Å²) in [5.41, 5.74) is 4.86. The second kappa shape index (κ2) is 14.3. The number of carbonyl (C=O) groups excluding carboxylic acids is 1. The third-order valence-corrected chi connectivity index (χ3v) is 7.48. The van der Waals surface area contributed by atoms with E-state index in [0.29, 0.717) is 26.1 Å². The number of carbonyl (C=O) groups is 1. The summed E-state index contributed by atoms with van der Waals surface area (Å²) in [5, 5.41) is 6.73. The lowest BCUT2D eigenvalue weighted by atomic mass is 9.87. The summed E-state index contributed by atoms with van der Waals surface area (Å²) in [6.45, 7) is 11.7. The van der Waals surface area contributed by atoms with Crippen molar-refractivity contribution in [3.63, 3.8) is 0 Å². The Morgan fingerprint density at radius 1 is 0.846 bits per heavy atom. The minimum Gasteiger partial charge on any atom is -0.489 e. The molecular weight excluding hydrogens is 482 g/mol. The van der Waals surface area contributed by atoms with E-state index in [9.17, 15) is 4.79 Å². The van der Waals surface area contributed by atoms with Crippen LogP contribution in [-0.2, 0) is 29.8 Å². The lowest BCUT2D eigenvalue weighted by Crippen LogP contribution is -2.47. The highest BCUT2D eigenvalue weighted by atomic mass is 16.5. The van der Waals surface area contributed by atoms with E-state index in [1.54, 1.807) is 0 Å². The van der Waals surface area contributed by atoms with E-state index in [1.807, 2.05) is 30.3 Å². The van der Waals surface area contributed by atoms with Gasteiger partial charge in [0.2, 0.25) is 5.91 Å². The SMILES string of the molecule is CC(C)(C)c1ccc(CN[C@@H](Cc2ccc(OCc3ccccc3)cc2)C(=O)NCCN2CCCCC2)cc1. The van der Waals surface area contributed by atoms with Crippen LogP contribution in [0.3, 0.4) is 0 Å². The summed E-state index contributed by atoms with van der Waals surface area (Å²) >= 11 is 0. The van der Waals surface area contributed by atoms with Gasteiger partial charge in [0.15, 0.2) is 0 Å². The first-order chi connectivity index (χ1) is 18.9. The molecule has 3 aromatic carbocycles. The van der Waals surface area contributed by atoms with E-state index in [4.69, 9.17) is 4.74 Å². The van der Waals surface area contributed by atoms with E-state index in [2.05, 4.69) is 84.8 Å². The number of likely N-dealkylation sites (tertiary alicyclic amines) is 1. The first kappa shape index (κ1) is 28.8. The molecule has 39 heavy (non-hydrogen) atoms. The van der Waals surface area contributed by atoms with Crippen LogP contribution in [0.1, 0.15) is 62.3 Å². The number of nitrogens with one attached hydrogen (secondary N) is 2. The molecule has 5 heteroatoms. The third-order valence-electron chi connectivity index (χ3n) is 7.48. The number of rotatable bonds is 12. The molecule has 0 spiro atoms. The van der Waals surface area contributed by atoms with Crippen molar-refractivity contribution in [3.05, 3.63) is 101 Å². The van der Waals surface area contributed by atoms with Gasteiger partial charge in [-0.05, 0) is 72.2 Å². The van der Waals surface area contributed by atoms with Crippen LogP contribution in [0.2, 0.25) is 0 Å². The molecule has 0 bridgehead atoms. The largest absolute Gasteiger partial charge is 0.489 e. The normalized spacial score (nSPS) is 15.1. The Kier molecular flexibility index (Phi) is 10.6. The molecule has 1 atom stereocenters. The highest BCUT2D eigenvalue weighted by Crippen LogP contribution is 2.22. The summed E-state index contributed by atoms with van der Waals surface area (Å²) in [6.07, 6.45) is 4.46. The van der Waals surface area contributed by atoms with E-state index < -0.39 is 0 Å². The lowest BCUT2D eigenvalue weighted by Gasteiger charge is -2.27. The van der Waals surface area contributed by atoms with E-state index >= 15 is 0 Å². The highest BCUT2D eigenvalue weighted by molar-refractivity contribution is 5.82. The van der Waals surface area contributed by atoms with Crippen LogP contribution in [-0.4, -0.2) is 43.0 Å². The zero-order chi connectivity index (χ0) is 27.5. The molecule has 2 N–H and O–H groups in total. The fourth-order valence-corrected chi connectivity index (χ4v) is 4.96. The Hall–Kier alpha value is -3.15. The number of hydrogen-bond acceptors (Lipinski definition) is 4. The molecule has 3 aromatic rings. The molecule has 4 rings (SSSR count). The van der Waals surface area contributed by atoms with Crippen molar-refractivity contribution in [2.24, 2.45) is 0 Å². The zero-order valence-corrected chi connectivity index (χ0v) is 23.9. The molecule has 1 amide bonds. The van der Waals surface area contributed by atoms with Crippen molar-refractivity contribution in [3.8, 4) is 5.75 Å². The molecule has 0 unspecified atom stereocenters. The Morgan fingerprint density at radius 3 is 2.18 bits per heavy atom.